The fourth-order valence-electron chi connectivity index (χ4n) is 6.56. The molecule has 38 heavy (non-hydrogen) atoms. The Labute approximate surface area is 254 Å². The Morgan fingerprint density at radius 2 is 1.08 bits per heavy atom. The Kier molecular flexibility index (Phi) is 10.2. The summed E-state index contributed by atoms with van der Waals surface area (Å²) in [7, 11) is 0. The molecular formula is C34H48Cl2SiZr. The molecule has 2 aliphatic carbocycles. The predicted octanol–water partition coefficient (Wildman–Crippen LogP) is 4.41. The average Bonchev–Trinajstić information content (AvgIpc) is 3.34. The van der Waals surface area contributed by atoms with Crippen LogP contribution in [0.1, 0.15) is 115 Å². The second-order valence-electron chi connectivity index (χ2n) is 15.1. The second kappa shape index (κ2) is 11.5. The Morgan fingerprint density at radius 3 is 1.39 bits per heavy atom. The van der Waals surface area contributed by atoms with Crippen molar-refractivity contribution >= 4 is 5.43 Å². The van der Waals surface area contributed by atoms with Crippen LogP contribution in [0.25, 0.3) is 11.1 Å². The molecule has 0 saturated heterocycles. The summed E-state index contributed by atoms with van der Waals surface area (Å²) in [5, 5.41) is 0.751. The molecule has 0 amide bonds. The molecule has 0 fully saturated rings. The fourth-order valence-corrected chi connectivity index (χ4v) is 35.6. The first kappa shape index (κ1) is 33.8. The van der Waals surface area contributed by atoms with Crippen molar-refractivity contribution < 1.29 is 45.2 Å². The van der Waals surface area contributed by atoms with E-state index < -0.39 is 25.8 Å². The number of rotatable bonds is 2. The van der Waals surface area contributed by atoms with Crippen LogP contribution in [-0.2, 0) is 31.2 Å². The van der Waals surface area contributed by atoms with Crippen LogP contribution >= 0.6 is 0 Å². The minimum atomic E-state index is -2.21. The topological polar surface area (TPSA) is 0 Å². The number of hydrogen-bond donors (Lipinski definition) is 0. The Hall–Kier alpha value is -0.400. The molecule has 4 heteroatoms. The summed E-state index contributed by atoms with van der Waals surface area (Å²) in [4.78, 5) is 0. The van der Waals surface area contributed by atoms with Crippen LogP contribution in [0.5, 0.6) is 0 Å². The fraction of sp³-hybridized carbons (Fsp3) is 0.529. The van der Waals surface area contributed by atoms with Crippen LogP contribution in [-0.4, -0.2) is 5.43 Å². The molecule has 2 aromatic carbocycles. The van der Waals surface area contributed by atoms with E-state index in [-0.39, 0.29) is 35.6 Å². The van der Waals surface area contributed by atoms with Gasteiger partial charge in [0.2, 0.25) is 0 Å². The molecule has 0 atom stereocenters. The molecule has 0 heterocycles. The van der Waals surface area contributed by atoms with Crippen molar-refractivity contribution in [3.8, 4) is 11.1 Å². The molecule has 0 aromatic heterocycles. The molecule has 2 aliphatic rings. The van der Waals surface area contributed by atoms with Crippen LogP contribution in [0.4, 0.5) is 0 Å². The maximum Gasteiger partial charge on any atom is -1.00 e. The van der Waals surface area contributed by atoms with Gasteiger partial charge in [0.15, 0.2) is 0 Å². The summed E-state index contributed by atoms with van der Waals surface area (Å²) in [5.74, 6) is 0. The van der Waals surface area contributed by atoms with Crippen molar-refractivity contribution in [2.24, 2.45) is 0 Å². The van der Waals surface area contributed by atoms with Gasteiger partial charge in [0.25, 0.3) is 0 Å². The van der Waals surface area contributed by atoms with E-state index in [0.717, 1.165) is 0 Å². The summed E-state index contributed by atoms with van der Waals surface area (Å²) in [6, 6.07) is 15.1. The van der Waals surface area contributed by atoms with Gasteiger partial charge >= 0.3 is 231 Å². The van der Waals surface area contributed by atoms with Gasteiger partial charge in [-0.3, -0.25) is 0 Å². The van der Waals surface area contributed by atoms with Crippen molar-refractivity contribution in [1.29, 1.82) is 0 Å². The number of fused-ring (bicyclic) bond motifs is 3. The first-order chi connectivity index (χ1) is 16.4. The zero-order valence-corrected chi connectivity index (χ0v) is 30.7. The van der Waals surface area contributed by atoms with E-state index in [4.69, 9.17) is 0 Å². The van der Waals surface area contributed by atoms with Gasteiger partial charge in [0.1, 0.15) is 0 Å². The van der Waals surface area contributed by atoms with Crippen molar-refractivity contribution in [1.82, 2.24) is 0 Å². The Bertz CT molecular complexity index is 1210. The van der Waals surface area contributed by atoms with Crippen molar-refractivity contribution in [3.63, 3.8) is 0 Å². The van der Waals surface area contributed by atoms with Gasteiger partial charge in [-0.05, 0) is 0 Å². The molecule has 0 unspecified atom stereocenters. The third kappa shape index (κ3) is 6.56. The first-order valence-corrected chi connectivity index (χ1v) is 21.6. The average molecular weight is 647 g/mol. The molecule has 0 aliphatic heterocycles. The zero-order valence-electron chi connectivity index (χ0n) is 25.7. The third-order valence-corrected chi connectivity index (χ3v) is 35.7. The number of benzene rings is 2. The second-order valence-corrected chi connectivity index (χ2v) is 30.8. The van der Waals surface area contributed by atoms with Crippen molar-refractivity contribution in [2.75, 3.05) is 0 Å². The number of hydrogen-bond acceptors (Lipinski definition) is 0. The van der Waals surface area contributed by atoms with E-state index in [0.29, 0.717) is 13.7 Å². The molecule has 0 bridgehead atoms. The quantitative estimate of drug-likeness (QED) is 0.425. The minimum Gasteiger partial charge on any atom is -1.00 e. The van der Waals surface area contributed by atoms with E-state index in [2.05, 4.69) is 138 Å². The monoisotopic (exact) mass is 644 g/mol. The summed E-state index contributed by atoms with van der Waals surface area (Å²) < 4.78 is 2.47. The molecule has 4 rings (SSSR count). The minimum absolute atomic E-state index is 0. The van der Waals surface area contributed by atoms with Crippen molar-refractivity contribution in [2.45, 2.75) is 114 Å². The van der Waals surface area contributed by atoms with Crippen LogP contribution in [0.15, 0.2) is 57.9 Å². The molecule has 0 nitrogen and oxygen atoms in total. The van der Waals surface area contributed by atoms with E-state index in [1.807, 2.05) is 3.28 Å². The smallest absolute Gasteiger partial charge is 1.00 e. The molecule has 0 spiro atoms. The SMILES string of the molecule is CC(C)(C)c1ccc2c(c1)-c1cc(C(C)(C)C)ccc1[CH]2[Zr+2]([C]1=CC=CC1)=[Si](C(C)(C)C)C(C)(C)C.[Cl-].[Cl-]. The van der Waals surface area contributed by atoms with Gasteiger partial charge in [-0.15, -0.1) is 0 Å². The van der Waals surface area contributed by atoms with Crippen LogP contribution < -0.4 is 24.8 Å². The normalized spacial score (nSPS) is 15.1. The van der Waals surface area contributed by atoms with E-state index in [1.54, 1.807) is 11.1 Å². The Morgan fingerprint density at radius 1 is 0.658 bits per heavy atom. The summed E-state index contributed by atoms with van der Waals surface area (Å²) in [6.45, 7) is 29.4. The van der Waals surface area contributed by atoms with Gasteiger partial charge in [-0.1, -0.05) is 0 Å². The Balaban J connectivity index is 0.00000253. The van der Waals surface area contributed by atoms with Gasteiger partial charge in [0, 0.05) is 0 Å². The van der Waals surface area contributed by atoms with Gasteiger partial charge in [-0.2, -0.15) is 0 Å². The molecule has 0 saturated carbocycles. The van der Waals surface area contributed by atoms with Crippen molar-refractivity contribution in [3.05, 3.63) is 80.2 Å². The molecule has 206 valence electrons. The molecule has 0 radical (unpaired) electrons. The first-order valence-electron chi connectivity index (χ1n) is 13.8. The van der Waals surface area contributed by atoms with E-state index in [1.165, 1.54) is 28.7 Å². The maximum atomic E-state index is 2.56. The predicted molar refractivity (Wildman–Crippen MR) is 158 cm³/mol. The van der Waals surface area contributed by atoms with Gasteiger partial charge in [-0.25, -0.2) is 0 Å². The number of allylic oxidation sites excluding steroid dienone is 4. The largest absolute Gasteiger partial charge is 1.00 e. The molecular weight excluding hydrogens is 599 g/mol. The number of halogens is 2. The molecule has 2 aromatic rings. The van der Waals surface area contributed by atoms with Crippen LogP contribution in [0.3, 0.4) is 0 Å². The van der Waals surface area contributed by atoms with E-state index in [9.17, 15) is 0 Å². The molecule has 0 N–H and O–H groups in total. The van der Waals surface area contributed by atoms with Gasteiger partial charge in [0.05, 0.1) is 0 Å². The summed E-state index contributed by atoms with van der Waals surface area (Å²) in [5.41, 5.74) is 8.91. The van der Waals surface area contributed by atoms with Crippen LogP contribution in [0, 0.1) is 0 Å². The maximum absolute atomic E-state index is 2.56. The summed E-state index contributed by atoms with van der Waals surface area (Å²) >= 11 is -2.21. The zero-order chi connectivity index (χ0) is 26.8. The van der Waals surface area contributed by atoms with E-state index >= 15 is 0 Å². The van der Waals surface area contributed by atoms with Gasteiger partial charge < -0.3 is 24.8 Å². The summed E-state index contributed by atoms with van der Waals surface area (Å²) in [6.07, 6.45) is 8.50. The third-order valence-electron chi connectivity index (χ3n) is 7.93. The van der Waals surface area contributed by atoms with Crippen LogP contribution in [0.2, 0.25) is 10.1 Å². The standard InChI is InChI=1S/C21H25.C8H18Si.C5H5.2ClH.Zr/c1-20(2,3)16-9-7-14-11-15-8-10-17(21(4,5)6)13-19(15)18(14)12-16;1-7(2,3)9-8(4,5)6;1-2-4-5-3-1;;;/h7-13H,1-6H3;1-6H3;1-3H,4H2;2*1H;/q;;;;;+2/p-2.